The molecule has 6 rings (SSSR count). The lowest BCUT2D eigenvalue weighted by Crippen LogP contribution is -2.55. The van der Waals surface area contributed by atoms with Crippen LogP contribution in [-0.4, -0.2) is 89.1 Å². The molecule has 4 aliphatic rings. The topological polar surface area (TPSA) is 117 Å². The highest BCUT2D eigenvalue weighted by Gasteiger charge is 2.71. The molecular formula is C37H42ClN3O7. The highest BCUT2D eigenvalue weighted by Crippen LogP contribution is 2.53. The molecule has 1 N–H and O–H groups in total. The van der Waals surface area contributed by atoms with E-state index in [1.165, 1.54) is 0 Å². The molecule has 2 saturated heterocycles. The minimum absolute atomic E-state index is 0.0305. The Morgan fingerprint density at radius 3 is 2.44 bits per heavy atom. The van der Waals surface area contributed by atoms with Gasteiger partial charge in [-0.05, 0) is 62.4 Å². The van der Waals surface area contributed by atoms with Crippen LogP contribution in [0.3, 0.4) is 0 Å². The number of esters is 1. The summed E-state index contributed by atoms with van der Waals surface area (Å²) in [6.07, 6.45) is 7.96. The molecule has 1 spiro atoms. The van der Waals surface area contributed by atoms with E-state index in [0.717, 1.165) is 5.56 Å². The number of hydrogen-bond donors (Lipinski definition) is 1. The predicted molar refractivity (Wildman–Crippen MR) is 180 cm³/mol. The standard InChI is InChI=1S/C37H42ClN3O7/c1-24-32(25-12-5-3-6-13-25)47-36(46)30-28(14-7-8-15-29(43)39(24)2)48-37-20-11-22-40(27-18-16-26(38)17-19-27)35(45)33(37)41(34(44)31(30)37)21-9-4-10-23-42/h3,5-7,11-14,16-20,24,28,30-33,42H,4,8-10,15,21-23H2,1-2H3/b14-7-/t24-,28-,30+,31+,32+,33-,37+/m1/s1. The second-order valence-corrected chi connectivity index (χ2v) is 13.4. The first kappa shape index (κ1) is 33.9. The Hall–Kier alpha value is -3.99. The van der Waals surface area contributed by atoms with Crippen molar-refractivity contribution in [1.29, 1.82) is 0 Å². The van der Waals surface area contributed by atoms with Gasteiger partial charge in [0, 0.05) is 43.9 Å². The lowest BCUT2D eigenvalue weighted by molar-refractivity contribution is -0.164. The zero-order valence-corrected chi connectivity index (χ0v) is 28.0. The number of ether oxygens (including phenoxy) is 2. The first-order valence-electron chi connectivity index (χ1n) is 16.7. The number of carbonyl (C=O) groups is 4. The number of unbranched alkanes of at least 4 members (excludes halogenated alkanes) is 2. The van der Waals surface area contributed by atoms with Crippen LogP contribution in [0.5, 0.6) is 0 Å². The number of carbonyl (C=O) groups excluding carboxylic acids is 4. The fraction of sp³-hybridized carbons (Fsp3) is 0.459. The number of benzene rings is 2. The monoisotopic (exact) mass is 675 g/mol. The average molecular weight is 676 g/mol. The Morgan fingerprint density at radius 1 is 0.958 bits per heavy atom. The second-order valence-electron chi connectivity index (χ2n) is 13.0. The Labute approximate surface area is 285 Å². The smallest absolute Gasteiger partial charge is 0.313 e. The Balaban J connectivity index is 1.43. The van der Waals surface area contributed by atoms with Crippen LogP contribution in [0.25, 0.3) is 0 Å². The largest absolute Gasteiger partial charge is 0.455 e. The summed E-state index contributed by atoms with van der Waals surface area (Å²) >= 11 is 6.15. The van der Waals surface area contributed by atoms with Crippen LogP contribution in [0.4, 0.5) is 5.69 Å². The third-order valence-electron chi connectivity index (χ3n) is 10.1. The van der Waals surface area contributed by atoms with Crippen LogP contribution in [0.1, 0.15) is 50.7 Å². The molecule has 7 atom stereocenters. The summed E-state index contributed by atoms with van der Waals surface area (Å²) in [5.41, 5.74) is -0.0920. The van der Waals surface area contributed by atoms with Crippen LogP contribution < -0.4 is 4.90 Å². The van der Waals surface area contributed by atoms with Crippen LogP contribution in [-0.2, 0) is 28.7 Å². The van der Waals surface area contributed by atoms with Crippen molar-refractivity contribution in [3.05, 3.63) is 89.5 Å². The van der Waals surface area contributed by atoms with Gasteiger partial charge in [0.2, 0.25) is 11.8 Å². The number of likely N-dealkylation sites (tertiary alicyclic amines) is 1. The molecule has 0 aliphatic carbocycles. The highest BCUT2D eigenvalue weighted by molar-refractivity contribution is 6.30. The summed E-state index contributed by atoms with van der Waals surface area (Å²) in [5, 5.41) is 9.90. The van der Waals surface area contributed by atoms with Gasteiger partial charge in [-0.1, -0.05) is 66.2 Å². The van der Waals surface area contributed by atoms with Crippen LogP contribution in [0, 0.1) is 11.8 Å². The number of likely N-dealkylation sites (N-methyl/N-ethyl adjacent to an activating group) is 1. The number of anilines is 1. The van der Waals surface area contributed by atoms with Gasteiger partial charge in [-0.25, -0.2) is 0 Å². The number of rotatable bonds is 7. The van der Waals surface area contributed by atoms with E-state index < -0.39 is 47.7 Å². The molecule has 0 unspecified atom stereocenters. The highest BCUT2D eigenvalue weighted by atomic mass is 35.5. The first-order chi connectivity index (χ1) is 23.2. The molecule has 0 aromatic heterocycles. The van der Waals surface area contributed by atoms with Crippen LogP contribution >= 0.6 is 11.6 Å². The van der Waals surface area contributed by atoms with Gasteiger partial charge in [-0.15, -0.1) is 0 Å². The zero-order chi connectivity index (χ0) is 34.0. The van der Waals surface area contributed by atoms with Crippen LogP contribution in [0.2, 0.25) is 5.02 Å². The number of hydrogen-bond acceptors (Lipinski definition) is 7. The van der Waals surface area contributed by atoms with Crippen molar-refractivity contribution in [1.82, 2.24) is 9.80 Å². The van der Waals surface area contributed by atoms with Crippen molar-refractivity contribution in [2.75, 3.05) is 31.6 Å². The summed E-state index contributed by atoms with van der Waals surface area (Å²) in [4.78, 5) is 61.7. The molecule has 4 aliphatic heterocycles. The molecule has 0 bridgehead atoms. The molecule has 2 fully saturated rings. The maximum absolute atomic E-state index is 14.6. The molecule has 48 heavy (non-hydrogen) atoms. The summed E-state index contributed by atoms with van der Waals surface area (Å²) in [5.74, 6) is -3.45. The molecule has 2 aromatic carbocycles. The summed E-state index contributed by atoms with van der Waals surface area (Å²) < 4.78 is 13.1. The van der Waals surface area contributed by atoms with Gasteiger partial charge in [-0.3, -0.25) is 19.2 Å². The number of nitrogens with zero attached hydrogens (tertiary/aromatic N) is 3. The van der Waals surface area contributed by atoms with Gasteiger partial charge in [0.25, 0.3) is 5.91 Å². The number of allylic oxidation sites excluding steroid dienone is 1. The maximum atomic E-state index is 14.6. The van der Waals surface area contributed by atoms with E-state index in [2.05, 4.69) is 0 Å². The van der Waals surface area contributed by atoms with Gasteiger partial charge >= 0.3 is 5.97 Å². The number of aliphatic hydroxyl groups is 1. The second kappa shape index (κ2) is 14.2. The molecule has 0 radical (unpaired) electrons. The van der Waals surface area contributed by atoms with E-state index in [9.17, 15) is 24.3 Å². The van der Waals surface area contributed by atoms with Gasteiger partial charge < -0.3 is 29.3 Å². The normalized spacial score (nSPS) is 31.4. The average Bonchev–Trinajstić information content (AvgIpc) is 3.47. The Kier molecular flexibility index (Phi) is 10.1. The number of fused-ring (bicyclic) bond motifs is 2. The summed E-state index contributed by atoms with van der Waals surface area (Å²) in [6, 6.07) is 14.7. The Morgan fingerprint density at radius 2 is 1.71 bits per heavy atom. The first-order valence-corrected chi connectivity index (χ1v) is 17.1. The zero-order valence-electron chi connectivity index (χ0n) is 27.2. The molecule has 10 nitrogen and oxygen atoms in total. The minimum atomic E-state index is -1.44. The molecule has 11 heteroatoms. The van der Waals surface area contributed by atoms with E-state index in [-0.39, 0.29) is 43.8 Å². The molecule has 254 valence electrons. The van der Waals surface area contributed by atoms with Crippen molar-refractivity contribution in [3.8, 4) is 0 Å². The van der Waals surface area contributed by atoms with Crippen molar-refractivity contribution >= 4 is 41.0 Å². The maximum Gasteiger partial charge on any atom is 0.313 e. The summed E-state index contributed by atoms with van der Waals surface area (Å²) in [6.45, 7) is 2.37. The molecule has 2 aromatic rings. The predicted octanol–water partition coefficient (Wildman–Crippen LogP) is 4.47. The lowest BCUT2D eigenvalue weighted by atomic mass is 9.77. The van der Waals surface area contributed by atoms with E-state index in [0.29, 0.717) is 36.4 Å². The summed E-state index contributed by atoms with van der Waals surface area (Å²) in [7, 11) is 1.71. The number of amides is 3. The van der Waals surface area contributed by atoms with Gasteiger partial charge in [0.05, 0.1) is 18.1 Å². The fourth-order valence-electron chi connectivity index (χ4n) is 7.55. The Bertz CT molecular complexity index is 1580. The van der Waals surface area contributed by atoms with Crippen LogP contribution in [0.15, 0.2) is 78.9 Å². The number of cyclic esters (lactones) is 1. The van der Waals surface area contributed by atoms with Gasteiger partial charge in [0.1, 0.15) is 23.7 Å². The van der Waals surface area contributed by atoms with Gasteiger partial charge in [0.15, 0.2) is 0 Å². The molecule has 0 saturated carbocycles. The van der Waals surface area contributed by atoms with Crippen molar-refractivity contribution in [3.63, 3.8) is 0 Å². The van der Waals surface area contributed by atoms with E-state index in [1.54, 1.807) is 58.2 Å². The molecule has 4 heterocycles. The van der Waals surface area contributed by atoms with E-state index in [1.807, 2.05) is 49.4 Å². The van der Waals surface area contributed by atoms with Gasteiger partial charge in [-0.2, -0.15) is 0 Å². The van der Waals surface area contributed by atoms with E-state index >= 15 is 0 Å². The third-order valence-corrected chi connectivity index (χ3v) is 10.4. The fourth-order valence-corrected chi connectivity index (χ4v) is 7.68. The third kappa shape index (κ3) is 6.17. The van der Waals surface area contributed by atoms with Crippen molar-refractivity contribution in [2.24, 2.45) is 11.8 Å². The molecule has 3 amide bonds. The SMILES string of the molecule is C[C@@H]1[C@@H](c2ccccc2)OC(=O)[C@@H]2[C@H]3C(=O)N(CCCCCO)[C@@H]4C(=O)N(c5ccc(Cl)cc5)CC=C[C@]34O[C@@H]2/C=C\CCC(=O)N1C. The molecular weight excluding hydrogens is 634 g/mol. The number of aliphatic hydroxyl groups excluding tert-OH is 1. The van der Waals surface area contributed by atoms with Crippen molar-refractivity contribution in [2.45, 2.75) is 68.9 Å². The lowest BCUT2D eigenvalue weighted by Gasteiger charge is -2.35. The van der Waals surface area contributed by atoms with E-state index in [4.69, 9.17) is 21.1 Å². The number of halogens is 1. The quantitative estimate of drug-likeness (QED) is 0.262. The van der Waals surface area contributed by atoms with Crippen molar-refractivity contribution < 1.29 is 33.8 Å². The minimum Gasteiger partial charge on any atom is -0.455 e.